The Labute approximate surface area is 136 Å². The predicted octanol–water partition coefficient (Wildman–Crippen LogP) is 3.30. The van der Waals surface area contributed by atoms with Crippen LogP contribution in [0.25, 0.3) is 15.7 Å². The quantitative estimate of drug-likeness (QED) is 0.537. The zero-order chi connectivity index (χ0) is 17.2. The van der Waals surface area contributed by atoms with Gasteiger partial charge in [-0.05, 0) is 6.07 Å². The smallest absolute Gasteiger partial charge is 0.417 e. The number of pyridine rings is 1. The van der Waals surface area contributed by atoms with Gasteiger partial charge in [-0.3, -0.25) is 4.79 Å². The first-order chi connectivity index (χ1) is 11.3. The monoisotopic (exact) mass is 356 g/mol. The topological polar surface area (TPSA) is 59.9 Å². The first-order valence-corrected chi connectivity index (χ1v) is 7.61. The molecule has 3 aromatic rings. The highest BCUT2D eigenvalue weighted by atomic mass is 32.1. The molecule has 0 atom stereocenters. The number of halogens is 3. The van der Waals surface area contributed by atoms with E-state index in [0.29, 0.717) is 0 Å². The number of benzene rings is 1. The van der Waals surface area contributed by atoms with Gasteiger partial charge in [0, 0.05) is 13.0 Å². The number of aromatic nitrogens is 1. The number of nitrogens with zero attached hydrogens (tertiary/aromatic N) is 1. The summed E-state index contributed by atoms with van der Waals surface area (Å²) in [5.41, 5.74) is -0.780. The van der Waals surface area contributed by atoms with Crippen molar-refractivity contribution < 1.29 is 36.9 Å². The molecule has 3 heterocycles. The molecular weight excluding hydrogens is 347 g/mol. The summed E-state index contributed by atoms with van der Waals surface area (Å²) in [6.45, 7) is 1.15. The van der Waals surface area contributed by atoms with Crippen molar-refractivity contribution in [2.45, 2.75) is 13.1 Å². The average molecular weight is 356 g/mol. The Morgan fingerprint density at radius 1 is 1.25 bits per heavy atom. The van der Waals surface area contributed by atoms with Gasteiger partial charge in [-0.25, -0.2) is 0 Å². The van der Waals surface area contributed by atoms with Crippen molar-refractivity contribution in [3.63, 3.8) is 0 Å². The van der Waals surface area contributed by atoms with Crippen molar-refractivity contribution in [3.05, 3.63) is 28.6 Å². The van der Waals surface area contributed by atoms with Gasteiger partial charge < -0.3 is 14.6 Å². The van der Waals surface area contributed by atoms with E-state index in [-0.39, 0.29) is 44.8 Å². The normalized spacial score (nSPS) is 13.8. The number of rotatable bonds is 1. The van der Waals surface area contributed by atoms with Crippen LogP contribution in [0.15, 0.2) is 18.2 Å². The third kappa shape index (κ3) is 2.01. The number of Topliss-reactive ketones (excluding diaryl/α,β-unsaturated/α-hetero) is 1. The van der Waals surface area contributed by atoms with Crippen LogP contribution in [0.5, 0.6) is 17.4 Å². The summed E-state index contributed by atoms with van der Waals surface area (Å²) >= 11 is 0.802. The van der Waals surface area contributed by atoms with Crippen LogP contribution in [0.2, 0.25) is 0 Å². The third-order valence-electron chi connectivity index (χ3n) is 3.76. The number of hydrogen-bond donors (Lipinski definition) is 1. The molecule has 5 nitrogen and oxygen atoms in total. The van der Waals surface area contributed by atoms with Gasteiger partial charge in [-0.2, -0.15) is 13.2 Å². The standard InChI is InChI=1S/C15H8F3NO4S/c1-6(20)13-14(21)19-9-4-11-10(22-5-23-11)2-7(9)8(15(16,17)18)3-12(19)24-13/h2-4H,5H2,1H3/p+1. The van der Waals surface area contributed by atoms with Gasteiger partial charge in [-0.1, -0.05) is 11.3 Å². The molecule has 9 heteroatoms. The molecule has 1 aromatic carbocycles. The molecule has 0 unspecified atom stereocenters. The second-order valence-electron chi connectivity index (χ2n) is 5.26. The van der Waals surface area contributed by atoms with Crippen molar-refractivity contribution in [1.82, 2.24) is 0 Å². The molecule has 0 spiro atoms. The van der Waals surface area contributed by atoms with Crippen LogP contribution in [-0.4, -0.2) is 17.7 Å². The number of ether oxygens (including phenoxy) is 2. The Hall–Kier alpha value is -2.55. The van der Waals surface area contributed by atoms with Crippen LogP contribution in [0.4, 0.5) is 13.2 Å². The molecule has 2 aromatic heterocycles. The van der Waals surface area contributed by atoms with E-state index in [0.717, 1.165) is 17.4 Å². The molecule has 1 aliphatic heterocycles. The largest absolute Gasteiger partial charge is 0.458 e. The summed E-state index contributed by atoms with van der Waals surface area (Å²) in [6.07, 6.45) is -4.60. The van der Waals surface area contributed by atoms with E-state index >= 15 is 0 Å². The van der Waals surface area contributed by atoms with Crippen LogP contribution >= 0.6 is 11.3 Å². The molecule has 4 rings (SSSR count). The Morgan fingerprint density at radius 3 is 2.54 bits per heavy atom. The van der Waals surface area contributed by atoms with Crippen molar-refractivity contribution in [1.29, 1.82) is 0 Å². The summed E-state index contributed by atoms with van der Waals surface area (Å²) in [5.74, 6) is -0.330. The van der Waals surface area contributed by atoms with Gasteiger partial charge in [0.25, 0.3) is 4.83 Å². The number of carbonyl (C=O) groups is 1. The van der Waals surface area contributed by atoms with E-state index in [1.165, 1.54) is 23.5 Å². The number of hydrogen-bond acceptors (Lipinski definition) is 5. The molecule has 0 saturated heterocycles. The van der Waals surface area contributed by atoms with Gasteiger partial charge in [-0.15, -0.1) is 4.40 Å². The zero-order valence-corrected chi connectivity index (χ0v) is 12.9. The molecule has 0 bridgehead atoms. The second kappa shape index (κ2) is 4.73. The SMILES string of the molecule is CC(=O)c1sc2cc(C(F)(F)F)c3cc4c(cc3[n+]2c1O)OCO4. The van der Waals surface area contributed by atoms with Crippen LogP contribution in [0.1, 0.15) is 22.2 Å². The van der Waals surface area contributed by atoms with Crippen molar-refractivity contribution in [3.8, 4) is 17.4 Å². The fourth-order valence-corrected chi connectivity index (χ4v) is 3.71. The van der Waals surface area contributed by atoms with E-state index in [1.54, 1.807) is 0 Å². The minimum Gasteiger partial charge on any atom is -0.458 e. The molecule has 124 valence electrons. The van der Waals surface area contributed by atoms with Crippen LogP contribution < -0.4 is 13.9 Å². The van der Waals surface area contributed by atoms with Crippen molar-refractivity contribution in [2.24, 2.45) is 0 Å². The van der Waals surface area contributed by atoms with Gasteiger partial charge in [0.15, 0.2) is 22.2 Å². The van der Waals surface area contributed by atoms with Gasteiger partial charge >= 0.3 is 12.1 Å². The number of fused-ring (bicyclic) bond motifs is 4. The lowest BCUT2D eigenvalue weighted by Crippen LogP contribution is -2.23. The fraction of sp³-hybridized carbons (Fsp3) is 0.200. The molecule has 24 heavy (non-hydrogen) atoms. The van der Waals surface area contributed by atoms with E-state index in [9.17, 15) is 23.1 Å². The van der Waals surface area contributed by atoms with Gasteiger partial charge in [0.2, 0.25) is 12.3 Å². The molecule has 1 aliphatic rings. The maximum absolute atomic E-state index is 13.5. The van der Waals surface area contributed by atoms with Gasteiger partial charge in [0.05, 0.1) is 17.0 Å². The number of thiazole rings is 1. The molecular formula is C15H9F3NO4S+. The number of alkyl halides is 3. The first-order valence-electron chi connectivity index (χ1n) is 6.79. The highest BCUT2D eigenvalue weighted by Gasteiger charge is 2.38. The first kappa shape index (κ1) is 15.0. The van der Waals surface area contributed by atoms with Crippen LogP contribution in [-0.2, 0) is 6.18 Å². The second-order valence-corrected chi connectivity index (χ2v) is 6.29. The van der Waals surface area contributed by atoms with Crippen molar-refractivity contribution in [2.75, 3.05) is 6.79 Å². The summed E-state index contributed by atoms with van der Waals surface area (Å²) < 4.78 is 51.9. The number of carbonyl (C=O) groups excluding carboxylic acids is 1. The highest BCUT2D eigenvalue weighted by molar-refractivity contribution is 7.19. The Balaban J connectivity index is 2.21. The minimum atomic E-state index is -4.60. The molecule has 0 amide bonds. The number of ketones is 1. The van der Waals surface area contributed by atoms with E-state index < -0.39 is 17.5 Å². The van der Waals surface area contributed by atoms with Crippen LogP contribution in [0, 0.1) is 0 Å². The van der Waals surface area contributed by atoms with Crippen LogP contribution in [0.3, 0.4) is 0 Å². The maximum atomic E-state index is 13.5. The zero-order valence-electron chi connectivity index (χ0n) is 12.1. The highest BCUT2D eigenvalue weighted by Crippen LogP contribution is 2.42. The molecule has 0 saturated carbocycles. The molecule has 0 aliphatic carbocycles. The van der Waals surface area contributed by atoms with E-state index in [1.807, 2.05) is 0 Å². The Morgan fingerprint density at radius 2 is 1.92 bits per heavy atom. The lowest BCUT2D eigenvalue weighted by atomic mass is 10.1. The molecule has 0 radical (unpaired) electrons. The number of aromatic hydroxyl groups is 1. The predicted molar refractivity (Wildman–Crippen MR) is 77.8 cm³/mol. The van der Waals surface area contributed by atoms with E-state index in [2.05, 4.69) is 0 Å². The third-order valence-corrected chi connectivity index (χ3v) is 4.94. The maximum Gasteiger partial charge on any atom is 0.417 e. The minimum absolute atomic E-state index is 0.00621. The Kier molecular flexibility index (Phi) is 2.96. The lowest BCUT2D eigenvalue weighted by Gasteiger charge is -2.08. The molecule has 0 fully saturated rings. The van der Waals surface area contributed by atoms with Crippen molar-refractivity contribution >= 4 is 32.9 Å². The lowest BCUT2D eigenvalue weighted by molar-refractivity contribution is -0.489. The molecule has 1 N–H and O–H groups in total. The summed E-state index contributed by atoms with van der Waals surface area (Å²) in [6, 6.07) is 3.52. The average Bonchev–Trinajstić information content (AvgIpc) is 3.07. The Bertz CT molecular complexity index is 1030. The summed E-state index contributed by atoms with van der Waals surface area (Å²) in [7, 11) is 0. The summed E-state index contributed by atoms with van der Waals surface area (Å²) in [5, 5.41) is 10.2. The summed E-state index contributed by atoms with van der Waals surface area (Å²) in [4.78, 5) is 11.7. The van der Waals surface area contributed by atoms with E-state index in [4.69, 9.17) is 9.47 Å². The fourth-order valence-electron chi connectivity index (χ4n) is 2.73. The van der Waals surface area contributed by atoms with Gasteiger partial charge in [0.1, 0.15) is 0 Å².